The van der Waals surface area contributed by atoms with E-state index in [1.165, 1.54) is 16.8 Å². The largest absolute Gasteiger partial charge is 0.348 e. The standard InChI is InChI=1S/C21H20BrN3S/c1-15-7-9-16(10-8-15)20-19-6-3-11-24(19)12-13-25(20)21(26)23-18-5-2-4-17(22)14-18/h2-11,14,20H,12-13H2,1H3,(H,23,26). The molecule has 0 saturated heterocycles. The van der Waals surface area contributed by atoms with Crippen LogP contribution >= 0.6 is 28.1 Å². The zero-order valence-electron chi connectivity index (χ0n) is 14.5. The van der Waals surface area contributed by atoms with E-state index in [4.69, 9.17) is 12.2 Å². The minimum Gasteiger partial charge on any atom is -0.348 e. The van der Waals surface area contributed by atoms with E-state index in [0.29, 0.717) is 0 Å². The second-order valence-electron chi connectivity index (χ2n) is 6.57. The normalized spacial score (nSPS) is 16.2. The number of thiocarbonyl (C=S) groups is 1. The Hall–Kier alpha value is -2.11. The third-order valence-corrected chi connectivity index (χ3v) is 5.60. The lowest BCUT2D eigenvalue weighted by molar-refractivity contribution is 0.293. The van der Waals surface area contributed by atoms with Crippen LogP contribution in [0.4, 0.5) is 5.69 Å². The van der Waals surface area contributed by atoms with Crippen LogP contribution in [-0.4, -0.2) is 21.1 Å². The Labute approximate surface area is 167 Å². The third kappa shape index (κ3) is 3.41. The van der Waals surface area contributed by atoms with Crippen LogP contribution in [0.2, 0.25) is 0 Å². The molecule has 1 aliphatic heterocycles. The Balaban J connectivity index is 1.67. The molecule has 26 heavy (non-hydrogen) atoms. The van der Waals surface area contributed by atoms with Gasteiger partial charge in [0.25, 0.3) is 0 Å². The molecule has 0 radical (unpaired) electrons. The molecule has 0 fully saturated rings. The van der Waals surface area contributed by atoms with Crippen molar-refractivity contribution in [3.05, 3.63) is 88.2 Å². The van der Waals surface area contributed by atoms with Crippen molar-refractivity contribution in [3.8, 4) is 0 Å². The first kappa shape index (κ1) is 17.3. The van der Waals surface area contributed by atoms with E-state index >= 15 is 0 Å². The molecule has 0 spiro atoms. The molecule has 1 aromatic heterocycles. The second-order valence-corrected chi connectivity index (χ2v) is 7.88. The first-order chi connectivity index (χ1) is 12.6. The summed E-state index contributed by atoms with van der Waals surface area (Å²) in [6.07, 6.45) is 2.15. The summed E-state index contributed by atoms with van der Waals surface area (Å²) < 4.78 is 3.36. The van der Waals surface area contributed by atoms with Crippen molar-refractivity contribution in [2.75, 3.05) is 11.9 Å². The minimum atomic E-state index is 0.117. The molecule has 2 aromatic carbocycles. The number of halogens is 1. The Bertz CT molecular complexity index is 932. The summed E-state index contributed by atoms with van der Waals surface area (Å²) in [6.45, 7) is 3.93. The van der Waals surface area contributed by atoms with Crippen LogP contribution < -0.4 is 5.32 Å². The molecule has 0 bridgehead atoms. The zero-order chi connectivity index (χ0) is 18.1. The first-order valence-electron chi connectivity index (χ1n) is 8.66. The van der Waals surface area contributed by atoms with Gasteiger partial charge in [0.05, 0.1) is 6.04 Å². The summed E-state index contributed by atoms with van der Waals surface area (Å²) in [5.74, 6) is 0. The van der Waals surface area contributed by atoms with Gasteiger partial charge in [0.1, 0.15) is 0 Å². The van der Waals surface area contributed by atoms with E-state index in [2.05, 4.69) is 80.2 Å². The molecule has 4 rings (SSSR count). The van der Waals surface area contributed by atoms with Crippen LogP contribution in [0.25, 0.3) is 0 Å². The number of rotatable bonds is 2. The highest BCUT2D eigenvalue weighted by molar-refractivity contribution is 9.10. The van der Waals surface area contributed by atoms with Gasteiger partial charge in [-0.2, -0.15) is 0 Å². The molecule has 0 aliphatic carbocycles. The van der Waals surface area contributed by atoms with Gasteiger partial charge in [0, 0.05) is 35.1 Å². The molecule has 1 unspecified atom stereocenters. The highest BCUT2D eigenvalue weighted by Crippen LogP contribution is 2.33. The maximum Gasteiger partial charge on any atom is 0.174 e. The lowest BCUT2D eigenvalue weighted by atomic mass is 9.99. The lowest BCUT2D eigenvalue weighted by Gasteiger charge is -2.39. The van der Waals surface area contributed by atoms with Gasteiger partial charge in [-0.25, -0.2) is 0 Å². The lowest BCUT2D eigenvalue weighted by Crippen LogP contribution is -2.44. The van der Waals surface area contributed by atoms with E-state index in [-0.39, 0.29) is 6.04 Å². The number of aromatic nitrogens is 1. The number of benzene rings is 2. The molecule has 3 aromatic rings. The number of nitrogens with zero attached hydrogens (tertiary/aromatic N) is 2. The summed E-state index contributed by atoms with van der Waals surface area (Å²) in [6, 6.07) is 21.3. The Morgan fingerprint density at radius 3 is 2.65 bits per heavy atom. The summed E-state index contributed by atoms with van der Waals surface area (Å²) in [7, 11) is 0. The molecule has 0 saturated carbocycles. The van der Waals surface area contributed by atoms with Crippen molar-refractivity contribution in [1.82, 2.24) is 9.47 Å². The molecule has 2 heterocycles. The molecule has 1 N–H and O–H groups in total. The fourth-order valence-corrected chi connectivity index (χ4v) is 4.18. The quantitative estimate of drug-likeness (QED) is 0.557. The van der Waals surface area contributed by atoms with Crippen LogP contribution in [0.15, 0.2) is 71.3 Å². The van der Waals surface area contributed by atoms with Gasteiger partial charge >= 0.3 is 0 Å². The van der Waals surface area contributed by atoms with E-state index in [1.807, 2.05) is 24.3 Å². The van der Waals surface area contributed by atoms with Crippen molar-refractivity contribution in [3.63, 3.8) is 0 Å². The summed E-state index contributed by atoms with van der Waals surface area (Å²) in [5, 5.41) is 4.16. The van der Waals surface area contributed by atoms with Crippen LogP contribution in [0.3, 0.4) is 0 Å². The highest BCUT2D eigenvalue weighted by Gasteiger charge is 2.30. The molecule has 5 heteroatoms. The third-order valence-electron chi connectivity index (χ3n) is 4.77. The fourth-order valence-electron chi connectivity index (χ4n) is 3.46. The second kappa shape index (κ2) is 7.25. The SMILES string of the molecule is Cc1ccc(C2c3cccn3CCN2C(=S)Nc2cccc(Br)c2)cc1. The molecule has 3 nitrogen and oxygen atoms in total. The van der Waals surface area contributed by atoms with Gasteiger partial charge < -0.3 is 14.8 Å². The van der Waals surface area contributed by atoms with Crippen LogP contribution in [-0.2, 0) is 6.54 Å². The molecule has 0 amide bonds. The summed E-state index contributed by atoms with van der Waals surface area (Å²) in [4.78, 5) is 2.29. The number of anilines is 1. The topological polar surface area (TPSA) is 20.2 Å². The number of fused-ring (bicyclic) bond motifs is 1. The zero-order valence-corrected chi connectivity index (χ0v) is 16.9. The average molecular weight is 426 g/mol. The van der Waals surface area contributed by atoms with Gasteiger partial charge in [-0.1, -0.05) is 51.8 Å². The maximum absolute atomic E-state index is 5.80. The van der Waals surface area contributed by atoms with Gasteiger partial charge in [0.15, 0.2) is 5.11 Å². The van der Waals surface area contributed by atoms with Crippen LogP contribution in [0, 0.1) is 6.92 Å². The number of nitrogens with one attached hydrogen (secondary N) is 1. The molecule has 132 valence electrons. The van der Waals surface area contributed by atoms with Crippen molar-refractivity contribution in [2.45, 2.75) is 19.5 Å². The average Bonchev–Trinajstić information content (AvgIpc) is 3.10. The Morgan fingerprint density at radius 1 is 1.08 bits per heavy atom. The van der Waals surface area contributed by atoms with Gasteiger partial charge in [-0.15, -0.1) is 0 Å². The van der Waals surface area contributed by atoms with E-state index in [9.17, 15) is 0 Å². The highest BCUT2D eigenvalue weighted by atomic mass is 79.9. The number of hydrogen-bond acceptors (Lipinski definition) is 1. The Kier molecular flexibility index (Phi) is 4.83. The summed E-state index contributed by atoms with van der Waals surface area (Å²) >= 11 is 9.31. The van der Waals surface area contributed by atoms with Gasteiger partial charge in [0.2, 0.25) is 0 Å². The van der Waals surface area contributed by atoms with Crippen molar-refractivity contribution < 1.29 is 0 Å². The van der Waals surface area contributed by atoms with Gasteiger partial charge in [-0.3, -0.25) is 0 Å². The van der Waals surface area contributed by atoms with Gasteiger partial charge in [-0.05, 0) is 55.0 Å². The predicted octanol–water partition coefficient (Wildman–Crippen LogP) is 5.36. The number of hydrogen-bond donors (Lipinski definition) is 1. The molecular weight excluding hydrogens is 406 g/mol. The first-order valence-corrected chi connectivity index (χ1v) is 9.87. The van der Waals surface area contributed by atoms with Crippen LogP contribution in [0.1, 0.15) is 22.9 Å². The summed E-state index contributed by atoms with van der Waals surface area (Å²) in [5.41, 5.74) is 4.79. The Morgan fingerprint density at radius 2 is 1.88 bits per heavy atom. The molecule has 1 aliphatic rings. The predicted molar refractivity (Wildman–Crippen MR) is 115 cm³/mol. The maximum atomic E-state index is 5.80. The van der Waals surface area contributed by atoms with E-state index < -0.39 is 0 Å². The molecule has 1 atom stereocenters. The van der Waals surface area contributed by atoms with E-state index in [1.54, 1.807) is 0 Å². The van der Waals surface area contributed by atoms with E-state index in [0.717, 1.165) is 28.4 Å². The molecular formula is C21H20BrN3S. The fraction of sp³-hybridized carbons (Fsp3) is 0.190. The van der Waals surface area contributed by atoms with Crippen molar-refractivity contribution >= 4 is 38.9 Å². The minimum absolute atomic E-state index is 0.117. The number of aryl methyl sites for hydroxylation is 1. The van der Waals surface area contributed by atoms with Crippen molar-refractivity contribution in [2.24, 2.45) is 0 Å². The monoisotopic (exact) mass is 425 g/mol. The smallest absolute Gasteiger partial charge is 0.174 e. The van der Waals surface area contributed by atoms with Crippen LogP contribution in [0.5, 0.6) is 0 Å². The van der Waals surface area contributed by atoms with Crippen molar-refractivity contribution in [1.29, 1.82) is 0 Å².